The van der Waals surface area contributed by atoms with Crippen LogP contribution in [0.1, 0.15) is 36.1 Å². The Morgan fingerprint density at radius 1 is 1.28 bits per heavy atom. The van der Waals surface area contributed by atoms with E-state index in [9.17, 15) is 4.79 Å². The van der Waals surface area contributed by atoms with Crippen molar-refractivity contribution in [3.8, 4) is 0 Å². The molecule has 152 valence electrons. The van der Waals surface area contributed by atoms with Gasteiger partial charge in [0, 0.05) is 36.4 Å². The molecule has 2 aliphatic heterocycles. The molecule has 2 aliphatic rings. The van der Waals surface area contributed by atoms with Crippen LogP contribution in [0.15, 0.2) is 52.6 Å². The van der Waals surface area contributed by atoms with Crippen molar-refractivity contribution in [3.63, 3.8) is 0 Å². The Kier molecular flexibility index (Phi) is 5.52. The molecule has 4 rings (SSSR count). The molecule has 2 aromatic carbocycles. The van der Waals surface area contributed by atoms with E-state index in [0.717, 1.165) is 34.4 Å². The van der Waals surface area contributed by atoms with E-state index < -0.39 is 0 Å². The van der Waals surface area contributed by atoms with E-state index in [1.54, 1.807) is 19.0 Å². The fourth-order valence-corrected chi connectivity index (χ4v) is 4.29. The molecule has 0 radical (unpaired) electrons. The standard InChI is InChI=1S/C22H26BrN5O/c1-14-22-17-9-8-16(23)13-18(17)20(10-11-28(22)26-25-14)24-19-7-5-4-6-15(19)12-21(29)27(2)3/h4-9,13,20,24-26H,10-12H2,1-3H3. The lowest BCUT2D eigenvalue weighted by atomic mass is 9.96. The minimum absolute atomic E-state index is 0.0972. The molecule has 7 heteroatoms. The maximum atomic E-state index is 12.3. The average Bonchev–Trinajstić information content (AvgIpc) is 2.98. The van der Waals surface area contributed by atoms with Gasteiger partial charge in [-0.3, -0.25) is 9.80 Å². The van der Waals surface area contributed by atoms with Crippen molar-refractivity contribution >= 4 is 33.2 Å². The predicted molar refractivity (Wildman–Crippen MR) is 120 cm³/mol. The Morgan fingerprint density at radius 2 is 2.07 bits per heavy atom. The van der Waals surface area contributed by atoms with Gasteiger partial charge in [-0.05, 0) is 42.7 Å². The number of carbonyl (C=O) groups is 1. The van der Waals surface area contributed by atoms with E-state index >= 15 is 0 Å². The molecule has 0 fully saturated rings. The fraction of sp³-hybridized carbons (Fsp3) is 0.318. The lowest BCUT2D eigenvalue weighted by Gasteiger charge is -2.23. The first kappa shape index (κ1) is 19.8. The molecule has 0 spiro atoms. The highest BCUT2D eigenvalue weighted by Crippen LogP contribution is 2.38. The van der Waals surface area contributed by atoms with Crippen molar-refractivity contribution in [3.05, 3.63) is 69.3 Å². The topological polar surface area (TPSA) is 59.6 Å². The van der Waals surface area contributed by atoms with Crippen molar-refractivity contribution < 1.29 is 4.79 Å². The number of halogens is 1. The van der Waals surface area contributed by atoms with E-state index in [-0.39, 0.29) is 11.9 Å². The normalized spacial score (nSPS) is 17.9. The second-order valence-corrected chi connectivity index (χ2v) is 8.62. The van der Waals surface area contributed by atoms with Gasteiger partial charge in [-0.2, -0.15) is 0 Å². The van der Waals surface area contributed by atoms with Gasteiger partial charge >= 0.3 is 0 Å². The highest BCUT2D eigenvalue weighted by atomic mass is 79.9. The molecule has 0 saturated heterocycles. The highest BCUT2D eigenvalue weighted by molar-refractivity contribution is 9.10. The Bertz CT molecular complexity index is 971. The Balaban J connectivity index is 1.70. The maximum Gasteiger partial charge on any atom is 0.226 e. The van der Waals surface area contributed by atoms with Gasteiger partial charge in [0.15, 0.2) is 0 Å². The molecule has 1 unspecified atom stereocenters. The fourth-order valence-electron chi connectivity index (χ4n) is 3.91. The number of hydrogen-bond donors (Lipinski definition) is 3. The van der Waals surface area contributed by atoms with Crippen LogP contribution in [-0.2, 0) is 11.2 Å². The molecule has 0 aliphatic carbocycles. The third kappa shape index (κ3) is 3.97. The summed E-state index contributed by atoms with van der Waals surface area (Å²) in [5.74, 6) is 0.0972. The molecule has 2 aromatic rings. The van der Waals surface area contributed by atoms with Crippen molar-refractivity contribution in [1.82, 2.24) is 20.9 Å². The van der Waals surface area contributed by atoms with E-state index in [0.29, 0.717) is 6.42 Å². The van der Waals surface area contributed by atoms with Gasteiger partial charge < -0.3 is 15.6 Å². The molecular formula is C22H26BrN5O. The number of benzene rings is 2. The first-order valence-corrected chi connectivity index (χ1v) is 10.6. The van der Waals surface area contributed by atoms with Crippen LogP contribution in [0, 0.1) is 0 Å². The number of para-hydroxylation sites is 1. The van der Waals surface area contributed by atoms with E-state index in [2.05, 4.69) is 68.4 Å². The zero-order valence-electron chi connectivity index (χ0n) is 16.9. The van der Waals surface area contributed by atoms with E-state index in [1.165, 1.54) is 16.8 Å². The zero-order valence-corrected chi connectivity index (χ0v) is 18.5. The van der Waals surface area contributed by atoms with Gasteiger partial charge in [-0.25, -0.2) is 0 Å². The van der Waals surface area contributed by atoms with Crippen molar-refractivity contribution in [2.75, 3.05) is 26.0 Å². The quantitative estimate of drug-likeness (QED) is 0.656. The van der Waals surface area contributed by atoms with E-state index in [1.807, 2.05) is 18.2 Å². The minimum atomic E-state index is 0.0972. The zero-order chi connectivity index (χ0) is 20.5. The summed E-state index contributed by atoms with van der Waals surface area (Å²) in [7, 11) is 3.59. The number of amides is 1. The van der Waals surface area contributed by atoms with Crippen molar-refractivity contribution in [1.29, 1.82) is 0 Å². The second-order valence-electron chi connectivity index (χ2n) is 7.70. The van der Waals surface area contributed by atoms with Crippen molar-refractivity contribution in [2.45, 2.75) is 25.8 Å². The number of likely N-dealkylation sites (N-methyl/N-ethyl adjacent to an activating group) is 1. The monoisotopic (exact) mass is 455 g/mol. The summed E-state index contributed by atoms with van der Waals surface area (Å²) in [5, 5.41) is 5.90. The number of nitrogens with zero attached hydrogens (tertiary/aromatic N) is 2. The lowest BCUT2D eigenvalue weighted by Crippen LogP contribution is -2.38. The molecule has 2 heterocycles. The summed E-state index contributed by atoms with van der Waals surface area (Å²) in [6, 6.07) is 14.7. The lowest BCUT2D eigenvalue weighted by molar-refractivity contribution is -0.127. The number of carbonyl (C=O) groups excluding carboxylic acids is 1. The van der Waals surface area contributed by atoms with Crippen LogP contribution in [0.25, 0.3) is 5.70 Å². The molecule has 6 nitrogen and oxygen atoms in total. The van der Waals surface area contributed by atoms with Gasteiger partial charge in [0.05, 0.1) is 23.9 Å². The SMILES string of the molecule is CC1=C2c3ccc(Br)cc3C(Nc3ccccc3CC(=O)N(C)C)CCN2NN1. The van der Waals surface area contributed by atoms with Crippen LogP contribution in [0.2, 0.25) is 0 Å². The van der Waals surface area contributed by atoms with Crippen molar-refractivity contribution in [2.24, 2.45) is 0 Å². The van der Waals surface area contributed by atoms with Gasteiger partial charge in [-0.15, -0.1) is 5.53 Å². The molecule has 3 N–H and O–H groups in total. The second kappa shape index (κ2) is 8.08. The minimum Gasteiger partial charge on any atom is -0.378 e. The Morgan fingerprint density at radius 3 is 2.86 bits per heavy atom. The van der Waals surface area contributed by atoms with Gasteiger partial charge in [0.1, 0.15) is 0 Å². The molecule has 0 saturated carbocycles. The Labute approximate surface area is 180 Å². The van der Waals surface area contributed by atoms with Gasteiger partial charge in [0.2, 0.25) is 5.91 Å². The summed E-state index contributed by atoms with van der Waals surface area (Å²) in [6.45, 7) is 2.95. The molecule has 29 heavy (non-hydrogen) atoms. The van der Waals surface area contributed by atoms with Crippen LogP contribution in [-0.4, -0.2) is 36.5 Å². The third-order valence-corrected chi connectivity index (χ3v) is 5.97. The number of anilines is 1. The third-order valence-electron chi connectivity index (χ3n) is 5.48. The number of allylic oxidation sites excluding steroid dienone is 1. The predicted octanol–water partition coefficient (Wildman–Crippen LogP) is 3.65. The molecule has 0 bridgehead atoms. The molecular weight excluding hydrogens is 430 g/mol. The van der Waals surface area contributed by atoms with Crippen LogP contribution in [0.4, 0.5) is 5.69 Å². The molecule has 1 amide bonds. The van der Waals surface area contributed by atoms with Crippen LogP contribution < -0.4 is 16.3 Å². The largest absolute Gasteiger partial charge is 0.378 e. The van der Waals surface area contributed by atoms with Crippen LogP contribution in [0.5, 0.6) is 0 Å². The Hall–Kier alpha value is -2.51. The summed E-state index contributed by atoms with van der Waals surface area (Å²) in [5.41, 5.74) is 13.3. The number of rotatable bonds is 4. The average molecular weight is 456 g/mol. The summed E-state index contributed by atoms with van der Waals surface area (Å²) in [6.07, 6.45) is 1.31. The first-order chi connectivity index (χ1) is 13.9. The molecule has 0 aromatic heterocycles. The molecule has 1 atom stereocenters. The van der Waals surface area contributed by atoms with Gasteiger partial charge in [-0.1, -0.05) is 40.2 Å². The number of hydrazine groups is 2. The number of hydrogen-bond acceptors (Lipinski definition) is 5. The van der Waals surface area contributed by atoms with Crippen LogP contribution in [0.3, 0.4) is 0 Å². The smallest absolute Gasteiger partial charge is 0.226 e. The summed E-state index contributed by atoms with van der Waals surface area (Å²) < 4.78 is 1.06. The van der Waals surface area contributed by atoms with Crippen LogP contribution >= 0.6 is 15.9 Å². The summed E-state index contributed by atoms with van der Waals surface area (Å²) in [4.78, 5) is 13.9. The number of nitrogens with one attached hydrogen (secondary N) is 3. The van der Waals surface area contributed by atoms with E-state index in [4.69, 9.17) is 0 Å². The summed E-state index contributed by atoms with van der Waals surface area (Å²) >= 11 is 3.64. The van der Waals surface area contributed by atoms with Gasteiger partial charge in [0.25, 0.3) is 0 Å². The maximum absolute atomic E-state index is 12.3. The number of fused-ring (bicyclic) bond motifs is 3. The first-order valence-electron chi connectivity index (χ1n) is 9.78. The highest BCUT2D eigenvalue weighted by Gasteiger charge is 2.30.